The third kappa shape index (κ3) is 6.14. The maximum atomic E-state index is 5.36. The van der Waals surface area contributed by atoms with E-state index in [0.29, 0.717) is 23.3 Å². The molecule has 0 atom stereocenters. The Morgan fingerprint density at radius 3 is 1.60 bits per heavy atom. The van der Waals surface area contributed by atoms with Crippen LogP contribution in [-0.2, 0) is 0 Å². The highest BCUT2D eigenvalue weighted by atomic mass is 32.1. The lowest BCUT2D eigenvalue weighted by atomic mass is 9.95. The van der Waals surface area contributed by atoms with Gasteiger partial charge in [-0.2, -0.15) is 0 Å². The van der Waals surface area contributed by atoms with Crippen LogP contribution in [0.25, 0.3) is 116 Å². The van der Waals surface area contributed by atoms with Gasteiger partial charge in [0.1, 0.15) is 0 Å². The monoisotopic (exact) mass is 810 g/mol. The Morgan fingerprint density at radius 1 is 0.339 bits per heavy atom. The van der Waals surface area contributed by atoms with Crippen LogP contribution in [0.2, 0.25) is 0 Å². The molecule has 8 aromatic carbocycles. The lowest BCUT2D eigenvalue weighted by Gasteiger charge is -2.15. The summed E-state index contributed by atoms with van der Waals surface area (Å²) in [6.07, 6.45) is 0. The molecule has 0 saturated heterocycles. The lowest BCUT2D eigenvalue weighted by Crippen LogP contribution is -2.02. The molecule has 0 amide bonds. The van der Waals surface area contributed by atoms with Gasteiger partial charge in [-0.05, 0) is 47.5 Å². The molecule has 0 radical (unpaired) electrons. The topological polar surface area (TPSA) is 69.4 Å². The molecule has 0 aliphatic rings. The summed E-state index contributed by atoms with van der Waals surface area (Å²) in [5.41, 5.74) is 11.8. The van der Waals surface area contributed by atoms with Gasteiger partial charge in [-0.15, -0.1) is 11.3 Å². The minimum absolute atomic E-state index is 0.559. The smallest absolute Gasteiger partial charge is 0.164 e. The highest BCUT2D eigenvalue weighted by Gasteiger charge is 2.22. The summed E-state index contributed by atoms with van der Waals surface area (Å²) in [6.45, 7) is 0. The molecular weight excluding hydrogens is 777 g/mol. The van der Waals surface area contributed by atoms with Crippen molar-refractivity contribution in [1.29, 1.82) is 0 Å². The summed E-state index contributed by atoms with van der Waals surface area (Å²) in [7, 11) is 0. The first-order valence-corrected chi connectivity index (χ1v) is 21.4. The largest absolute Gasteiger partial charge is 0.309 e. The van der Waals surface area contributed by atoms with Crippen LogP contribution >= 0.6 is 11.3 Å². The molecule has 12 rings (SSSR count). The highest BCUT2D eigenvalue weighted by Crippen LogP contribution is 2.42. The summed E-state index contributed by atoms with van der Waals surface area (Å²) in [6, 6.07) is 71.5. The Morgan fingerprint density at radius 2 is 0.887 bits per heavy atom. The van der Waals surface area contributed by atoms with Crippen molar-refractivity contribution < 1.29 is 0 Å². The number of benzene rings is 8. The number of nitrogens with zero attached hydrogens (tertiary/aromatic N) is 6. The van der Waals surface area contributed by atoms with Crippen LogP contribution in [0.4, 0.5) is 0 Å². The van der Waals surface area contributed by atoms with Crippen LogP contribution < -0.4 is 0 Å². The maximum absolute atomic E-state index is 5.36. The van der Waals surface area contributed by atoms with E-state index in [-0.39, 0.29) is 0 Å². The van der Waals surface area contributed by atoms with E-state index in [0.717, 1.165) is 77.0 Å². The van der Waals surface area contributed by atoms with Gasteiger partial charge in [-0.1, -0.05) is 170 Å². The molecule has 4 aromatic heterocycles. The molecule has 0 saturated carbocycles. The van der Waals surface area contributed by atoms with Gasteiger partial charge >= 0.3 is 0 Å². The molecule has 0 N–H and O–H groups in total. The van der Waals surface area contributed by atoms with Crippen LogP contribution in [0.5, 0.6) is 0 Å². The maximum Gasteiger partial charge on any atom is 0.164 e. The van der Waals surface area contributed by atoms with Crippen molar-refractivity contribution in [1.82, 2.24) is 29.5 Å². The van der Waals surface area contributed by atoms with Crippen molar-refractivity contribution in [2.75, 3.05) is 0 Å². The van der Waals surface area contributed by atoms with Crippen molar-refractivity contribution in [3.63, 3.8) is 0 Å². The predicted octanol–water partition coefficient (Wildman–Crippen LogP) is 14.1. The Bertz CT molecular complexity index is 3560. The molecular formula is C55H34N6S. The van der Waals surface area contributed by atoms with E-state index in [1.54, 1.807) is 11.3 Å². The molecule has 290 valence electrons. The Kier molecular flexibility index (Phi) is 8.57. The molecule has 0 aliphatic carbocycles. The van der Waals surface area contributed by atoms with Crippen LogP contribution in [0, 0.1) is 0 Å². The van der Waals surface area contributed by atoms with E-state index in [1.807, 2.05) is 66.7 Å². The van der Waals surface area contributed by atoms with Gasteiger partial charge in [0, 0.05) is 54.4 Å². The fourth-order valence-corrected chi connectivity index (χ4v) is 9.71. The molecule has 0 bridgehead atoms. The molecule has 4 heterocycles. The molecule has 0 spiro atoms. The zero-order valence-electron chi connectivity index (χ0n) is 33.2. The van der Waals surface area contributed by atoms with Crippen LogP contribution in [0.3, 0.4) is 0 Å². The first-order valence-electron chi connectivity index (χ1n) is 20.6. The first-order chi connectivity index (χ1) is 30.7. The van der Waals surface area contributed by atoms with Crippen molar-refractivity contribution in [2.24, 2.45) is 0 Å². The molecule has 6 nitrogen and oxygen atoms in total. The molecule has 0 aliphatic heterocycles. The van der Waals surface area contributed by atoms with E-state index < -0.39 is 0 Å². The number of hydrogen-bond donors (Lipinski definition) is 0. The fraction of sp³-hybridized carbons (Fsp3) is 0. The first kappa shape index (κ1) is 35.8. The van der Waals surface area contributed by atoms with Gasteiger partial charge < -0.3 is 4.57 Å². The van der Waals surface area contributed by atoms with E-state index >= 15 is 0 Å². The van der Waals surface area contributed by atoms with Gasteiger partial charge in [0.2, 0.25) is 0 Å². The minimum atomic E-state index is 0.559. The standard InChI is InChI=1S/C55H34N6S/c1-5-17-35(18-6-1)49-51-50(44-26-14-16-28-48(44)62-51)57-54(56-49)39-30-31-41(38-29-32-43-42-25-13-15-27-46(42)61(47(43)34-38)40-23-11-4-12-24-40)45(33-39)55-59-52(36-19-7-2-8-20-36)58-53(60-55)37-21-9-3-10-22-37/h1-34H. The number of aromatic nitrogens is 6. The summed E-state index contributed by atoms with van der Waals surface area (Å²) in [5.74, 6) is 2.38. The average Bonchev–Trinajstić information content (AvgIpc) is 3.90. The van der Waals surface area contributed by atoms with Crippen molar-refractivity contribution in [2.45, 2.75) is 0 Å². The zero-order valence-corrected chi connectivity index (χ0v) is 34.0. The normalized spacial score (nSPS) is 11.5. The molecule has 0 unspecified atom stereocenters. The Hall–Kier alpha value is -8.13. The number of thiophene rings is 1. The number of para-hydroxylation sites is 2. The van der Waals surface area contributed by atoms with Crippen LogP contribution in [0.1, 0.15) is 0 Å². The van der Waals surface area contributed by atoms with Crippen LogP contribution in [-0.4, -0.2) is 29.5 Å². The average molecular weight is 811 g/mol. The molecule has 7 heteroatoms. The lowest BCUT2D eigenvalue weighted by molar-refractivity contribution is 1.07. The van der Waals surface area contributed by atoms with Crippen molar-refractivity contribution in [3.05, 3.63) is 206 Å². The van der Waals surface area contributed by atoms with Gasteiger partial charge in [-0.3, -0.25) is 0 Å². The van der Waals surface area contributed by atoms with E-state index in [4.69, 9.17) is 24.9 Å². The minimum Gasteiger partial charge on any atom is -0.309 e. The van der Waals surface area contributed by atoms with E-state index in [2.05, 4.69) is 144 Å². The van der Waals surface area contributed by atoms with Gasteiger partial charge in [0.25, 0.3) is 0 Å². The van der Waals surface area contributed by atoms with Gasteiger partial charge in [0.05, 0.1) is 26.9 Å². The number of hydrogen-bond acceptors (Lipinski definition) is 6. The third-order valence-electron chi connectivity index (χ3n) is 11.5. The van der Waals surface area contributed by atoms with E-state index in [9.17, 15) is 0 Å². The van der Waals surface area contributed by atoms with Crippen LogP contribution in [0.15, 0.2) is 206 Å². The van der Waals surface area contributed by atoms with Crippen molar-refractivity contribution >= 4 is 53.4 Å². The van der Waals surface area contributed by atoms with Gasteiger partial charge in [-0.25, -0.2) is 24.9 Å². The van der Waals surface area contributed by atoms with E-state index in [1.165, 1.54) is 15.5 Å². The molecule has 62 heavy (non-hydrogen) atoms. The quantitative estimate of drug-likeness (QED) is 0.160. The second-order valence-corrected chi connectivity index (χ2v) is 16.3. The summed E-state index contributed by atoms with van der Waals surface area (Å²) in [4.78, 5) is 26.3. The summed E-state index contributed by atoms with van der Waals surface area (Å²) < 4.78 is 4.60. The Balaban J connectivity index is 1.14. The predicted molar refractivity (Wildman–Crippen MR) is 255 cm³/mol. The zero-order chi connectivity index (χ0) is 41.0. The fourth-order valence-electron chi connectivity index (χ4n) is 8.55. The molecule has 0 fully saturated rings. The van der Waals surface area contributed by atoms with Crippen molar-refractivity contribution in [3.8, 4) is 73.6 Å². The SMILES string of the molecule is c1ccc(-c2nc(-c3ccccc3)nc(-c3cc(-c4nc(-c5ccccc5)c5sc6ccccc6c5n4)ccc3-c3ccc4c5ccccc5n(-c5ccccc5)c4c3)n2)cc1. The number of rotatable bonds is 7. The second kappa shape index (κ2) is 14.9. The van der Waals surface area contributed by atoms with Gasteiger partial charge in [0.15, 0.2) is 23.3 Å². The second-order valence-electron chi connectivity index (χ2n) is 15.3. The summed E-state index contributed by atoms with van der Waals surface area (Å²) in [5, 5.41) is 3.50. The highest BCUT2D eigenvalue weighted by molar-refractivity contribution is 7.26. The third-order valence-corrected chi connectivity index (χ3v) is 12.7. The summed E-state index contributed by atoms with van der Waals surface area (Å²) >= 11 is 1.73. The Labute approximate surface area is 361 Å². The number of fused-ring (bicyclic) bond motifs is 6. The molecule has 12 aromatic rings.